The van der Waals surface area contributed by atoms with Crippen molar-refractivity contribution in [3.63, 3.8) is 0 Å². The Bertz CT molecular complexity index is 1160. The minimum Gasteiger partial charge on any atom is -0.496 e. The van der Waals surface area contributed by atoms with Gasteiger partial charge in [-0.25, -0.2) is 4.98 Å². The van der Waals surface area contributed by atoms with Crippen LogP contribution in [0.5, 0.6) is 5.75 Å². The molecule has 0 bridgehead atoms. The Morgan fingerprint density at radius 1 is 1.31 bits per heavy atom. The molecule has 0 spiro atoms. The third kappa shape index (κ3) is 5.92. The maximum Gasteiger partial charge on any atom is 0.257 e. The average molecular weight is 529 g/mol. The molecule has 0 radical (unpaired) electrons. The molecular formula is C26H32N4O4S2. The Hall–Kier alpha value is -2.85. The van der Waals surface area contributed by atoms with Crippen molar-refractivity contribution in [2.45, 2.75) is 54.7 Å². The van der Waals surface area contributed by atoms with E-state index in [0.717, 1.165) is 33.9 Å². The number of aryl methyl sites for hydroxylation is 1. The number of hydrogen-bond donors (Lipinski definition) is 1. The molecule has 1 aliphatic carbocycles. The molecule has 2 heterocycles. The van der Waals surface area contributed by atoms with E-state index in [2.05, 4.69) is 16.9 Å². The predicted octanol–water partition coefficient (Wildman–Crippen LogP) is 4.60. The predicted molar refractivity (Wildman–Crippen MR) is 142 cm³/mol. The number of carbonyl (C=O) groups excluding carboxylic acids is 3. The number of hydrogen-bond acceptors (Lipinski definition) is 7. The molecule has 1 unspecified atom stereocenters. The lowest BCUT2D eigenvalue weighted by Gasteiger charge is -2.30. The summed E-state index contributed by atoms with van der Waals surface area (Å²) < 4.78 is 6.51. The Labute approximate surface area is 220 Å². The summed E-state index contributed by atoms with van der Waals surface area (Å²) in [6.45, 7) is 9.26. The van der Waals surface area contributed by atoms with Crippen molar-refractivity contribution < 1.29 is 19.1 Å². The van der Waals surface area contributed by atoms with E-state index >= 15 is 0 Å². The fourth-order valence-electron chi connectivity index (χ4n) is 4.30. The molecule has 2 fully saturated rings. The van der Waals surface area contributed by atoms with Crippen LogP contribution >= 0.6 is 23.1 Å². The molecule has 1 aromatic carbocycles. The van der Waals surface area contributed by atoms with Gasteiger partial charge in [0.15, 0.2) is 5.13 Å². The van der Waals surface area contributed by atoms with E-state index in [-0.39, 0.29) is 29.7 Å². The van der Waals surface area contributed by atoms with Gasteiger partial charge in [0.2, 0.25) is 11.8 Å². The fourth-order valence-corrected chi connectivity index (χ4v) is 6.25. The second kappa shape index (κ2) is 11.5. The molecule has 1 aromatic heterocycles. The van der Waals surface area contributed by atoms with Gasteiger partial charge in [-0.1, -0.05) is 36.6 Å². The zero-order chi connectivity index (χ0) is 25.8. The first-order valence-electron chi connectivity index (χ1n) is 12.2. The largest absolute Gasteiger partial charge is 0.496 e. The van der Waals surface area contributed by atoms with Crippen molar-refractivity contribution in [2.24, 2.45) is 5.92 Å². The van der Waals surface area contributed by atoms with Gasteiger partial charge in [-0.2, -0.15) is 0 Å². The first-order valence-corrected chi connectivity index (χ1v) is 13.8. The highest BCUT2D eigenvalue weighted by atomic mass is 32.2. The topological polar surface area (TPSA) is 91.8 Å². The number of ether oxygens (including phenoxy) is 1. The van der Waals surface area contributed by atoms with Crippen LogP contribution in [0.15, 0.2) is 40.1 Å². The summed E-state index contributed by atoms with van der Waals surface area (Å²) in [7, 11) is 1.57. The molecule has 2 aliphatic rings. The molecule has 2 aromatic rings. The zero-order valence-electron chi connectivity index (χ0n) is 20.9. The summed E-state index contributed by atoms with van der Waals surface area (Å²) in [5.41, 5.74) is 1.48. The molecule has 36 heavy (non-hydrogen) atoms. The first-order chi connectivity index (χ1) is 17.3. The molecule has 1 aliphatic heterocycles. The van der Waals surface area contributed by atoms with Crippen molar-refractivity contribution in [3.8, 4) is 5.75 Å². The number of carbonyl (C=O) groups is 3. The van der Waals surface area contributed by atoms with Crippen molar-refractivity contribution in [3.05, 3.63) is 42.1 Å². The van der Waals surface area contributed by atoms with Crippen LogP contribution < -0.4 is 10.1 Å². The number of thiazole rings is 1. The average Bonchev–Trinajstić information content (AvgIpc) is 3.68. The van der Waals surface area contributed by atoms with Crippen LogP contribution in [-0.4, -0.2) is 65.3 Å². The molecule has 10 heteroatoms. The molecule has 192 valence electrons. The van der Waals surface area contributed by atoms with Crippen LogP contribution in [0.3, 0.4) is 0 Å². The molecular weight excluding hydrogens is 496 g/mol. The Kier molecular flexibility index (Phi) is 8.35. The van der Waals surface area contributed by atoms with Gasteiger partial charge >= 0.3 is 0 Å². The number of aromatic nitrogens is 1. The second-order valence-electron chi connectivity index (χ2n) is 9.07. The van der Waals surface area contributed by atoms with E-state index in [4.69, 9.17) is 4.74 Å². The minimum absolute atomic E-state index is 0.0330. The van der Waals surface area contributed by atoms with E-state index in [0.29, 0.717) is 42.5 Å². The van der Waals surface area contributed by atoms with Gasteiger partial charge in [-0.05, 0) is 56.4 Å². The highest BCUT2D eigenvalue weighted by molar-refractivity contribution is 8.01. The standard InChI is InChI=1S/C26H32N4O4S2/c1-5-18-15-29(10-7-11-30(18)22(31)6-2)25(33)19-13-21(16(3)12-20(19)34-4)35-23-14-27-26(36-23)28-24(32)17-8-9-17/h6,12-14,17-18H,2,5,7-11,15H2,1,3-4H3,(H,27,28,32). The Morgan fingerprint density at radius 2 is 2.08 bits per heavy atom. The summed E-state index contributed by atoms with van der Waals surface area (Å²) >= 11 is 2.94. The third-order valence-corrected chi connectivity index (χ3v) is 8.69. The summed E-state index contributed by atoms with van der Waals surface area (Å²) in [6, 6.07) is 3.70. The van der Waals surface area contributed by atoms with Crippen LogP contribution in [0.25, 0.3) is 0 Å². The van der Waals surface area contributed by atoms with Crippen LogP contribution in [0.1, 0.15) is 48.5 Å². The lowest BCUT2D eigenvalue weighted by atomic mass is 10.1. The quantitative estimate of drug-likeness (QED) is 0.504. The van der Waals surface area contributed by atoms with Crippen molar-refractivity contribution >= 4 is 46.0 Å². The molecule has 4 rings (SSSR count). The van der Waals surface area contributed by atoms with Gasteiger partial charge in [0.05, 0.1) is 23.1 Å². The van der Waals surface area contributed by atoms with Gasteiger partial charge in [-0.15, -0.1) is 0 Å². The lowest BCUT2D eigenvalue weighted by molar-refractivity contribution is -0.128. The molecule has 8 nitrogen and oxygen atoms in total. The highest BCUT2D eigenvalue weighted by Crippen LogP contribution is 2.39. The Balaban J connectivity index is 1.54. The van der Waals surface area contributed by atoms with Crippen LogP contribution in [0, 0.1) is 12.8 Å². The molecule has 1 saturated heterocycles. The van der Waals surface area contributed by atoms with Gasteiger partial charge in [0, 0.05) is 36.5 Å². The van der Waals surface area contributed by atoms with Crippen molar-refractivity contribution in [2.75, 3.05) is 32.1 Å². The van der Waals surface area contributed by atoms with Gasteiger partial charge in [-0.3, -0.25) is 14.4 Å². The summed E-state index contributed by atoms with van der Waals surface area (Å²) in [4.78, 5) is 47.0. The number of amides is 3. The number of anilines is 1. The first kappa shape index (κ1) is 26.2. The Morgan fingerprint density at radius 3 is 2.75 bits per heavy atom. The van der Waals surface area contributed by atoms with E-state index in [9.17, 15) is 14.4 Å². The highest BCUT2D eigenvalue weighted by Gasteiger charge is 2.31. The lowest BCUT2D eigenvalue weighted by Crippen LogP contribution is -2.44. The molecule has 3 amide bonds. The van der Waals surface area contributed by atoms with E-state index in [1.165, 1.54) is 29.2 Å². The van der Waals surface area contributed by atoms with E-state index in [1.807, 2.05) is 35.8 Å². The zero-order valence-corrected chi connectivity index (χ0v) is 22.5. The summed E-state index contributed by atoms with van der Waals surface area (Å²) in [5.74, 6) is 0.475. The minimum atomic E-state index is -0.109. The summed E-state index contributed by atoms with van der Waals surface area (Å²) in [5, 5.41) is 3.48. The second-order valence-corrected chi connectivity index (χ2v) is 11.4. The third-order valence-electron chi connectivity index (χ3n) is 6.52. The smallest absolute Gasteiger partial charge is 0.257 e. The normalized spacial score (nSPS) is 17.9. The van der Waals surface area contributed by atoms with Crippen LogP contribution in [0.4, 0.5) is 5.13 Å². The monoisotopic (exact) mass is 528 g/mol. The van der Waals surface area contributed by atoms with E-state index < -0.39 is 0 Å². The number of methoxy groups -OCH3 is 1. The van der Waals surface area contributed by atoms with Crippen LogP contribution in [-0.2, 0) is 9.59 Å². The molecule has 1 N–H and O–H groups in total. The van der Waals surface area contributed by atoms with Gasteiger partial charge in [0.25, 0.3) is 5.91 Å². The van der Waals surface area contributed by atoms with Crippen LogP contribution in [0.2, 0.25) is 0 Å². The van der Waals surface area contributed by atoms with E-state index in [1.54, 1.807) is 13.3 Å². The van der Waals surface area contributed by atoms with Crippen molar-refractivity contribution in [1.29, 1.82) is 0 Å². The number of nitrogens with one attached hydrogen (secondary N) is 1. The number of rotatable bonds is 8. The van der Waals surface area contributed by atoms with Crippen molar-refractivity contribution in [1.82, 2.24) is 14.8 Å². The van der Waals surface area contributed by atoms with Gasteiger partial charge < -0.3 is 19.9 Å². The molecule has 1 atom stereocenters. The molecule has 1 saturated carbocycles. The maximum atomic E-state index is 13.7. The maximum absolute atomic E-state index is 13.7. The fraction of sp³-hybridized carbons (Fsp3) is 0.462. The number of benzene rings is 1. The summed E-state index contributed by atoms with van der Waals surface area (Å²) in [6.07, 6.45) is 6.43. The SMILES string of the molecule is C=CC(=O)N1CCCN(C(=O)c2cc(Sc3cnc(NC(=O)C4CC4)s3)c(C)cc2OC)CC1CC. The number of nitrogens with zero attached hydrogens (tertiary/aromatic N) is 3. The van der Waals surface area contributed by atoms with Gasteiger partial charge in [0.1, 0.15) is 5.75 Å².